The van der Waals surface area contributed by atoms with Gasteiger partial charge in [-0.1, -0.05) is 12.1 Å². The molecular weight excluding hydrogens is 459 g/mol. The molecule has 8 heteroatoms. The van der Waals surface area contributed by atoms with Crippen LogP contribution in [0.4, 0.5) is 0 Å². The van der Waals surface area contributed by atoms with Crippen molar-refractivity contribution in [3.8, 4) is 11.5 Å². The maximum absolute atomic E-state index is 5.86. The normalized spacial score (nSPS) is 13.5. The second-order valence-electron chi connectivity index (χ2n) is 6.09. The number of hydrogen-bond donors (Lipinski definition) is 2. The van der Waals surface area contributed by atoms with E-state index in [4.69, 9.17) is 13.9 Å². The summed E-state index contributed by atoms with van der Waals surface area (Å²) in [6, 6.07) is 5.92. The molecule has 1 aliphatic heterocycles. The van der Waals surface area contributed by atoms with Crippen molar-refractivity contribution in [2.45, 2.75) is 40.3 Å². The third-order valence-electron chi connectivity index (χ3n) is 4.08. The van der Waals surface area contributed by atoms with Crippen LogP contribution in [0.5, 0.6) is 11.5 Å². The number of benzene rings is 1. The number of aryl methyl sites for hydroxylation is 2. The van der Waals surface area contributed by atoms with Crippen LogP contribution in [0.1, 0.15) is 36.3 Å². The number of oxazole rings is 1. The molecule has 1 aromatic carbocycles. The maximum atomic E-state index is 5.86. The number of nitrogens with zero attached hydrogens (tertiary/aromatic N) is 2. The minimum atomic E-state index is 0. The zero-order valence-corrected chi connectivity index (χ0v) is 18.3. The Labute approximate surface area is 177 Å². The lowest BCUT2D eigenvalue weighted by Crippen LogP contribution is -2.36. The predicted octanol–water partition coefficient (Wildman–Crippen LogP) is 3.33. The molecule has 1 aromatic heterocycles. The maximum Gasteiger partial charge on any atom is 0.214 e. The van der Waals surface area contributed by atoms with Crippen LogP contribution in [-0.4, -0.2) is 30.7 Å². The summed E-state index contributed by atoms with van der Waals surface area (Å²) in [4.78, 5) is 9.04. The Balaban J connectivity index is 0.00000261. The van der Waals surface area contributed by atoms with Gasteiger partial charge < -0.3 is 24.5 Å². The van der Waals surface area contributed by atoms with Crippen LogP contribution < -0.4 is 20.1 Å². The first kappa shape index (κ1) is 21.3. The molecular formula is C19H27IN4O3. The average molecular weight is 486 g/mol. The summed E-state index contributed by atoms with van der Waals surface area (Å²) in [5.41, 5.74) is 1.91. The molecule has 27 heavy (non-hydrogen) atoms. The first-order valence-electron chi connectivity index (χ1n) is 9.00. The highest BCUT2D eigenvalue weighted by molar-refractivity contribution is 14.0. The molecule has 0 bridgehead atoms. The van der Waals surface area contributed by atoms with Gasteiger partial charge in [-0.05, 0) is 26.8 Å². The van der Waals surface area contributed by atoms with Crippen LogP contribution in [0.3, 0.4) is 0 Å². The van der Waals surface area contributed by atoms with Crippen molar-refractivity contribution in [3.05, 3.63) is 41.1 Å². The largest absolute Gasteiger partial charge is 0.490 e. The molecule has 0 radical (unpaired) electrons. The number of hydrogen-bond acceptors (Lipinski definition) is 5. The molecule has 3 rings (SSSR count). The monoisotopic (exact) mass is 486 g/mol. The van der Waals surface area contributed by atoms with E-state index < -0.39 is 0 Å². The zero-order valence-electron chi connectivity index (χ0n) is 16.0. The average Bonchev–Trinajstić information content (AvgIpc) is 2.83. The van der Waals surface area contributed by atoms with Gasteiger partial charge in [0.05, 0.1) is 32.0 Å². The molecule has 0 saturated carbocycles. The van der Waals surface area contributed by atoms with Gasteiger partial charge in [-0.25, -0.2) is 9.98 Å². The van der Waals surface area contributed by atoms with Gasteiger partial charge >= 0.3 is 0 Å². The molecule has 2 aromatic rings. The molecule has 0 amide bonds. The first-order valence-corrected chi connectivity index (χ1v) is 9.00. The van der Waals surface area contributed by atoms with E-state index in [-0.39, 0.29) is 24.0 Å². The van der Waals surface area contributed by atoms with Crippen molar-refractivity contribution in [1.82, 2.24) is 15.6 Å². The lowest BCUT2D eigenvalue weighted by atomic mass is 10.2. The molecule has 0 unspecified atom stereocenters. The number of aliphatic imine (C=N–C) groups is 1. The van der Waals surface area contributed by atoms with Gasteiger partial charge in [0.1, 0.15) is 5.76 Å². The quantitative estimate of drug-likeness (QED) is 0.384. The number of rotatable bonds is 5. The molecule has 2 N–H and O–H groups in total. The Morgan fingerprint density at radius 1 is 1.19 bits per heavy atom. The van der Waals surface area contributed by atoms with Crippen LogP contribution in [-0.2, 0) is 13.1 Å². The van der Waals surface area contributed by atoms with Gasteiger partial charge in [-0.15, -0.1) is 24.0 Å². The summed E-state index contributed by atoms with van der Waals surface area (Å²) in [5, 5.41) is 6.49. The minimum Gasteiger partial charge on any atom is -0.490 e. The molecule has 0 atom stereocenters. The van der Waals surface area contributed by atoms with E-state index in [9.17, 15) is 0 Å². The van der Waals surface area contributed by atoms with Crippen LogP contribution in [0.15, 0.2) is 27.6 Å². The summed E-state index contributed by atoms with van der Waals surface area (Å²) in [7, 11) is 0. The Kier molecular flexibility index (Phi) is 8.21. The van der Waals surface area contributed by atoms with E-state index in [1.165, 1.54) is 0 Å². The Morgan fingerprint density at radius 2 is 2.00 bits per heavy atom. The van der Waals surface area contributed by atoms with E-state index in [1.54, 1.807) is 0 Å². The molecule has 2 heterocycles. The van der Waals surface area contributed by atoms with Crippen LogP contribution >= 0.6 is 24.0 Å². The smallest absolute Gasteiger partial charge is 0.214 e. The van der Waals surface area contributed by atoms with Crippen molar-refractivity contribution in [1.29, 1.82) is 0 Å². The lowest BCUT2D eigenvalue weighted by molar-refractivity contribution is 0.296. The fraction of sp³-hybridized carbons (Fsp3) is 0.474. The summed E-state index contributed by atoms with van der Waals surface area (Å²) < 4.78 is 17.2. The van der Waals surface area contributed by atoms with Crippen LogP contribution in [0.2, 0.25) is 0 Å². The van der Waals surface area contributed by atoms with Crippen LogP contribution in [0.25, 0.3) is 0 Å². The van der Waals surface area contributed by atoms with Crippen molar-refractivity contribution in [2.24, 2.45) is 4.99 Å². The Morgan fingerprint density at radius 3 is 2.74 bits per heavy atom. The summed E-state index contributed by atoms with van der Waals surface area (Å²) in [5.74, 6) is 3.78. The molecule has 1 aliphatic rings. The summed E-state index contributed by atoms with van der Waals surface area (Å²) >= 11 is 0. The number of para-hydroxylation sites is 1. The molecule has 148 valence electrons. The molecule has 0 spiro atoms. The lowest BCUT2D eigenvalue weighted by Gasteiger charge is -2.13. The third kappa shape index (κ3) is 5.75. The van der Waals surface area contributed by atoms with Crippen molar-refractivity contribution < 1.29 is 13.9 Å². The third-order valence-corrected chi connectivity index (χ3v) is 4.08. The highest BCUT2D eigenvalue weighted by Gasteiger charge is 2.14. The SMILES string of the molecule is CCNC(=NCc1cccc2c1OCCCO2)NCc1nc(C)c(C)o1.I. The second-order valence-corrected chi connectivity index (χ2v) is 6.09. The molecule has 0 aliphatic carbocycles. The standard InChI is InChI=1S/C19H26N4O3.HI/c1-4-20-19(22-12-17-23-13(2)14(3)26-17)21-11-15-7-5-8-16-18(15)25-10-6-9-24-16;/h5,7-8H,4,6,9-12H2,1-3H3,(H2,20,21,22);1H. The highest BCUT2D eigenvalue weighted by Crippen LogP contribution is 2.33. The van der Waals surface area contributed by atoms with Gasteiger partial charge in [0.15, 0.2) is 17.5 Å². The zero-order chi connectivity index (χ0) is 18.4. The number of nitrogens with one attached hydrogen (secondary N) is 2. The van der Waals surface area contributed by atoms with E-state index in [1.807, 2.05) is 39.0 Å². The molecule has 7 nitrogen and oxygen atoms in total. The number of halogens is 1. The van der Waals surface area contributed by atoms with Crippen molar-refractivity contribution in [3.63, 3.8) is 0 Å². The first-order chi connectivity index (χ1) is 12.7. The number of aromatic nitrogens is 1. The van der Waals surface area contributed by atoms with E-state index in [0.717, 1.165) is 41.5 Å². The van der Waals surface area contributed by atoms with Gasteiger partial charge in [0.2, 0.25) is 5.89 Å². The summed E-state index contributed by atoms with van der Waals surface area (Å²) in [6.07, 6.45) is 0.885. The number of guanidine groups is 1. The van der Waals surface area contributed by atoms with Crippen LogP contribution in [0, 0.1) is 13.8 Å². The fourth-order valence-electron chi connectivity index (χ4n) is 2.66. The minimum absolute atomic E-state index is 0. The Hall–Kier alpha value is -1.97. The molecule has 0 fully saturated rings. The van der Waals surface area contributed by atoms with E-state index in [2.05, 4.69) is 20.6 Å². The number of fused-ring (bicyclic) bond motifs is 1. The topological polar surface area (TPSA) is 80.9 Å². The predicted molar refractivity (Wildman–Crippen MR) is 115 cm³/mol. The van der Waals surface area contributed by atoms with Crippen molar-refractivity contribution in [2.75, 3.05) is 19.8 Å². The fourth-order valence-corrected chi connectivity index (χ4v) is 2.66. The van der Waals surface area contributed by atoms with Crippen molar-refractivity contribution >= 4 is 29.9 Å². The van der Waals surface area contributed by atoms with Gasteiger partial charge in [-0.3, -0.25) is 0 Å². The number of ether oxygens (including phenoxy) is 2. The highest BCUT2D eigenvalue weighted by atomic mass is 127. The van der Waals surface area contributed by atoms with Gasteiger partial charge in [0, 0.05) is 18.5 Å². The second kappa shape index (κ2) is 10.4. The molecule has 0 saturated heterocycles. The summed E-state index contributed by atoms with van der Waals surface area (Å²) in [6.45, 7) is 8.95. The Bertz CT molecular complexity index is 757. The van der Waals surface area contributed by atoms with Gasteiger partial charge in [0.25, 0.3) is 0 Å². The van der Waals surface area contributed by atoms with E-state index >= 15 is 0 Å². The van der Waals surface area contributed by atoms with Gasteiger partial charge in [-0.2, -0.15) is 0 Å². The van der Waals surface area contributed by atoms with E-state index in [0.29, 0.717) is 38.2 Å².